The Balaban J connectivity index is 1.64. The van der Waals surface area contributed by atoms with Crippen molar-refractivity contribution in [3.63, 3.8) is 0 Å². The highest BCUT2D eigenvalue weighted by atomic mass is 32.2. The molecule has 4 rings (SSSR count). The fraction of sp³-hybridized carbons (Fsp3) is 0.154. The Morgan fingerprint density at radius 3 is 2.39 bits per heavy atom. The summed E-state index contributed by atoms with van der Waals surface area (Å²) in [4.78, 5) is 31.5. The molecule has 1 aliphatic rings. The van der Waals surface area contributed by atoms with Crippen LogP contribution in [0.15, 0.2) is 93.8 Å². The number of ketones is 1. The lowest BCUT2D eigenvalue weighted by molar-refractivity contribution is -0.118. The van der Waals surface area contributed by atoms with E-state index in [0.29, 0.717) is 27.6 Å². The lowest BCUT2D eigenvalue weighted by Gasteiger charge is -2.30. The second kappa shape index (κ2) is 10.4. The zero-order valence-electron chi connectivity index (χ0n) is 17.9. The summed E-state index contributed by atoms with van der Waals surface area (Å²) in [6.07, 6.45) is 0. The molecular formula is C26H21N3O2S2. The minimum Gasteiger partial charge on any atom is -0.325 e. The van der Waals surface area contributed by atoms with Gasteiger partial charge in [-0.05, 0) is 30.5 Å². The van der Waals surface area contributed by atoms with Crippen molar-refractivity contribution in [2.45, 2.75) is 12.8 Å². The molecule has 0 saturated heterocycles. The van der Waals surface area contributed by atoms with E-state index in [-0.39, 0.29) is 17.4 Å². The number of amides is 1. The number of hydrogen-bond acceptors (Lipinski definition) is 6. The zero-order chi connectivity index (χ0) is 23.2. The number of rotatable bonds is 7. The Labute approximate surface area is 200 Å². The third-order valence-electron chi connectivity index (χ3n) is 5.33. The van der Waals surface area contributed by atoms with E-state index in [1.807, 2.05) is 73.0 Å². The Hall–Kier alpha value is -3.47. The summed E-state index contributed by atoms with van der Waals surface area (Å²) in [5.74, 6) is -1.15. The first-order valence-corrected chi connectivity index (χ1v) is 12.2. The molecule has 2 aromatic carbocycles. The van der Waals surface area contributed by atoms with Gasteiger partial charge in [0.2, 0.25) is 5.91 Å². The number of carbonyl (C=O) groups excluding carboxylic acids is 2. The van der Waals surface area contributed by atoms with Crippen LogP contribution >= 0.6 is 23.1 Å². The summed E-state index contributed by atoms with van der Waals surface area (Å²) >= 11 is 2.75. The average Bonchev–Trinajstić information content (AvgIpc) is 3.37. The number of Topliss-reactive ketones (excluding diaryl/α,β-unsaturated/α-hetero) is 1. The molecule has 0 aliphatic carbocycles. The van der Waals surface area contributed by atoms with Crippen molar-refractivity contribution in [3.8, 4) is 6.07 Å². The van der Waals surface area contributed by atoms with Gasteiger partial charge in [0.05, 0.1) is 23.3 Å². The molecule has 0 bridgehead atoms. The Morgan fingerprint density at radius 2 is 1.76 bits per heavy atom. The van der Waals surface area contributed by atoms with Crippen LogP contribution in [0.5, 0.6) is 0 Å². The third-order valence-corrected chi connectivity index (χ3v) is 7.28. The maximum Gasteiger partial charge on any atom is 0.234 e. The first kappa shape index (κ1) is 22.7. The van der Waals surface area contributed by atoms with Crippen LogP contribution in [0.1, 0.15) is 28.1 Å². The van der Waals surface area contributed by atoms with E-state index < -0.39 is 11.8 Å². The fourth-order valence-electron chi connectivity index (χ4n) is 3.76. The van der Waals surface area contributed by atoms with Gasteiger partial charge >= 0.3 is 0 Å². The number of nitriles is 1. The highest BCUT2D eigenvalue weighted by Crippen LogP contribution is 2.43. The second-order valence-electron chi connectivity index (χ2n) is 7.49. The molecule has 1 aromatic heterocycles. The van der Waals surface area contributed by atoms with Crippen molar-refractivity contribution in [2.24, 2.45) is 10.9 Å². The molecule has 2 atom stereocenters. The monoisotopic (exact) mass is 471 g/mol. The predicted molar refractivity (Wildman–Crippen MR) is 135 cm³/mol. The number of thiophene rings is 1. The van der Waals surface area contributed by atoms with Crippen molar-refractivity contribution in [1.29, 1.82) is 5.26 Å². The van der Waals surface area contributed by atoms with Gasteiger partial charge in [-0.1, -0.05) is 66.4 Å². The molecule has 164 valence electrons. The smallest absolute Gasteiger partial charge is 0.234 e. The van der Waals surface area contributed by atoms with Gasteiger partial charge in [-0.3, -0.25) is 9.59 Å². The molecule has 33 heavy (non-hydrogen) atoms. The summed E-state index contributed by atoms with van der Waals surface area (Å²) in [6, 6.07) is 24.4. The minimum absolute atomic E-state index is 0.0325. The van der Waals surface area contributed by atoms with Gasteiger partial charge in [0, 0.05) is 27.8 Å². The maximum absolute atomic E-state index is 13.3. The number of thioether (sulfide) groups is 1. The minimum atomic E-state index is -0.618. The topological polar surface area (TPSA) is 82.3 Å². The second-order valence-corrected chi connectivity index (χ2v) is 9.43. The molecular weight excluding hydrogens is 450 g/mol. The third kappa shape index (κ3) is 5.14. The SMILES string of the molecule is CC1=NC(SCC(=O)c2ccccc2)=C(C#N)[C@H](c2cccs2)C1C(=O)Nc1ccccc1. The molecule has 0 radical (unpaired) electrons. The summed E-state index contributed by atoms with van der Waals surface area (Å²) in [5, 5.41) is 15.5. The number of nitrogens with one attached hydrogen (secondary N) is 1. The molecule has 1 unspecified atom stereocenters. The largest absolute Gasteiger partial charge is 0.325 e. The lowest BCUT2D eigenvalue weighted by atomic mass is 9.80. The first-order valence-electron chi connectivity index (χ1n) is 10.4. The van der Waals surface area contributed by atoms with Crippen molar-refractivity contribution in [3.05, 3.63) is 99.2 Å². The number of carbonyl (C=O) groups is 2. The van der Waals surface area contributed by atoms with Crippen LogP contribution in [-0.4, -0.2) is 23.2 Å². The van der Waals surface area contributed by atoms with E-state index in [1.165, 1.54) is 23.1 Å². The van der Waals surface area contributed by atoms with Crippen LogP contribution in [0.2, 0.25) is 0 Å². The number of nitrogens with zero attached hydrogens (tertiary/aromatic N) is 2. The van der Waals surface area contributed by atoms with E-state index in [0.717, 1.165) is 4.88 Å². The zero-order valence-corrected chi connectivity index (χ0v) is 19.5. The molecule has 3 aromatic rings. The van der Waals surface area contributed by atoms with E-state index in [4.69, 9.17) is 0 Å². The van der Waals surface area contributed by atoms with Gasteiger partial charge < -0.3 is 5.32 Å². The van der Waals surface area contributed by atoms with Crippen LogP contribution in [0.3, 0.4) is 0 Å². The van der Waals surface area contributed by atoms with E-state index >= 15 is 0 Å². The van der Waals surface area contributed by atoms with Crippen molar-refractivity contribution < 1.29 is 9.59 Å². The molecule has 7 heteroatoms. The van der Waals surface area contributed by atoms with E-state index in [2.05, 4.69) is 16.4 Å². The predicted octanol–water partition coefficient (Wildman–Crippen LogP) is 5.91. The fourth-order valence-corrected chi connectivity index (χ4v) is 5.60. The average molecular weight is 472 g/mol. The molecule has 5 nitrogen and oxygen atoms in total. The van der Waals surface area contributed by atoms with Crippen molar-refractivity contribution in [2.75, 3.05) is 11.1 Å². The van der Waals surface area contributed by atoms with Gasteiger partial charge in [0.15, 0.2) is 5.78 Å². The van der Waals surface area contributed by atoms with Crippen molar-refractivity contribution in [1.82, 2.24) is 0 Å². The molecule has 1 aliphatic heterocycles. The van der Waals surface area contributed by atoms with Crippen LogP contribution in [-0.2, 0) is 4.79 Å². The summed E-state index contributed by atoms with van der Waals surface area (Å²) in [5.41, 5.74) is 2.35. The number of allylic oxidation sites excluding steroid dienone is 1. The van der Waals surface area contributed by atoms with E-state index in [9.17, 15) is 14.9 Å². The van der Waals surface area contributed by atoms with Gasteiger partial charge in [-0.25, -0.2) is 4.99 Å². The number of aliphatic imine (C=N–C) groups is 1. The van der Waals surface area contributed by atoms with E-state index in [1.54, 1.807) is 12.1 Å². The van der Waals surface area contributed by atoms with Gasteiger partial charge in [0.25, 0.3) is 0 Å². The number of para-hydroxylation sites is 1. The molecule has 0 saturated carbocycles. The normalized spacial score (nSPS) is 17.8. The van der Waals surface area contributed by atoms with Crippen LogP contribution in [0, 0.1) is 17.2 Å². The summed E-state index contributed by atoms with van der Waals surface area (Å²) < 4.78 is 0. The first-order chi connectivity index (χ1) is 16.1. The number of benzene rings is 2. The maximum atomic E-state index is 13.3. The number of hydrogen-bond donors (Lipinski definition) is 1. The van der Waals surface area contributed by atoms with Crippen LogP contribution in [0.4, 0.5) is 5.69 Å². The Morgan fingerprint density at radius 1 is 1.06 bits per heavy atom. The summed E-state index contributed by atoms with van der Waals surface area (Å²) in [7, 11) is 0. The van der Waals surface area contributed by atoms with Crippen LogP contribution < -0.4 is 5.32 Å². The summed E-state index contributed by atoms with van der Waals surface area (Å²) in [6.45, 7) is 1.81. The Kier molecular flexibility index (Phi) is 7.18. The Bertz CT molecular complexity index is 1240. The molecule has 0 fully saturated rings. The lowest BCUT2D eigenvalue weighted by Crippen LogP contribution is -2.36. The highest BCUT2D eigenvalue weighted by Gasteiger charge is 2.40. The molecule has 2 heterocycles. The molecule has 1 amide bonds. The highest BCUT2D eigenvalue weighted by molar-refractivity contribution is 8.03. The molecule has 1 N–H and O–H groups in total. The number of anilines is 1. The van der Waals surface area contributed by atoms with Gasteiger partial charge in [0.1, 0.15) is 5.03 Å². The van der Waals surface area contributed by atoms with Crippen LogP contribution in [0.25, 0.3) is 0 Å². The molecule has 0 spiro atoms. The standard InChI is InChI=1S/C26H21N3O2S2/c1-17-23(25(31)29-19-11-6-3-7-12-19)24(22-13-8-14-32-22)20(15-27)26(28-17)33-16-21(30)18-9-4-2-5-10-18/h2-14,23-24H,16H2,1H3,(H,29,31)/t23?,24-/m1/s1. The quantitative estimate of drug-likeness (QED) is 0.434. The van der Waals surface area contributed by atoms with Gasteiger partial charge in [-0.2, -0.15) is 5.26 Å². The van der Waals surface area contributed by atoms with Gasteiger partial charge in [-0.15, -0.1) is 11.3 Å². The van der Waals surface area contributed by atoms with Crippen molar-refractivity contribution >= 4 is 46.2 Å².